The van der Waals surface area contributed by atoms with Crippen LogP contribution in [0.2, 0.25) is 0 Å². The number of hydrogen-bond acceptors (Lipinski definition) is 1. The Morgan fingerprint density at radius 3 is 2.33 bits per heavy atom. The second-order valence-corrected chi connectivity index (χ2v) is 5.19. The molecule has 0 unspecified atom stereocenters. The van der Waals surface area contributed by atoms with Gasteiger partial charge < -0.3 is 5.73 Å². The van der Waals surface area contributed by atoms with Crippen molar-refractivity contribution in [3.63, 3.8) is 0 Å². The molecule has 18 heavy (non-hydrogen) atoms. The first-order valence-electron chi connectivity index (χ1n) is 6.39. The zero-order valence-corrected chi connectivity index (χ0v) is 11.7. The lowest BCUT2D eigenvalue weighted by atomic mass is 9.92. The normalized spacial score (nSPS) is 10.7. The van der Waals surface area contributed by atoms with Crippen LogP contribution in [0.15, 0.2) is 30.3 Å². The fourth-order valence-electron chi connectivity index (χ4n) is 2.54. The van der Waals surface area contributed by atoms with E-state index in [1.165, 1.54) is 33.4 Å². The Kier molecular flexibility index (Phi) is 3.42. The van der Waals surface area contributed by atoms with Gasteiger partial charge in [0.05, 0.1) is 0 Å². The third-order valence-electron chi connectivity index (χ3n) is 3.65. The summed E-state index contributed by atoms with van der Waals surface area (Å²) in [6, 6.07) is 10.9. The highest BCUT2D eigenvalue weighted by Gasteiger charge is 2.09. The Morgan fingerprint density at radius 2 is 1.67 bits per heavy atom. The van der Waals surface area contributed by atoms with E-state index in [4.69, 9.17) is 5.73 Å². The Morgan fingerprint density at radius 1 is 0.944 bits per heavy atom. The molecule has 0 atom stereocenters. The van der Waals surface area contributed by atoms with Crippen molar-refractivity contribution in [3.05, 3.63) is 63.7 Å². The standard InChI is InChI=1S/C17H21N/c1-11-6-5-7-15(8-11)10-16-12(2)9-13(3)17(18)14(16)4/h5-9H,10,18H2,1-4H3. The van der Waals surface area contributed by atoms with Gasteiger partial charge in [-0.15, -0.1) is 0 Å². The summed E-state index contributed by atoms with van der Waals surface area (Å²) < 4.78 is 0. The second-order valence-electron chi connectivity index (χ2n) is 5.19. The van der Waals surface area contributed by atoms with Crippen molar-refractivity contribution in [2.75, 3.05) is 5.73 Å². The van der Waals surface area contributed by atoms with E-state index in [-0.39, 0.29) is 0 Å². The van der Waals surface area contributed by atoms with Crippen LogP contribution < -0.4 is 5.73 Å². The van der Waals surface area contributed by atoms with Crippen molar-refractivity contribution in [2.24, 2.45) is 0 Å². The molecule has 0 aromatic heterocycles. The molecule has 94 valence electrons. The molecule has 2 aromatic rings. The van der Waals surface area contributed by atoms with Gasteiger partial charge in [-0.25, -0.2) is 0 Å². The van der Waals surface area contributed by atoms with Crippen LogP contribution in [0, 0.1) is 27.7 Å². The van der Waals surface area contributed by atoms with Crippen molar-refractivity contribution < 1.29 is 0 Å². The number of benzene rings is 2. The molecular formula is C17H21N. The minimum absolute atomic E-state index is 0.934. The maximum absolute atomic E-state index is 6.14. The Hall–Kier alpha value is -1.76. The summed E-state index contributed by atoms with van der Waals surface area (Å²) in [6.45, 7) is 8.50. The van der Waals surface area contributed by atoms with Gasteiger partial charge in [0.15, 0.2) is 0 Å². The van der Waals surface area contributed by atoms with Gasteiger partial charge in [0, 0.05) is 5.69 Å². The molecule has 0 saturated heterocycles. The van der Waals surface area contributed by atoms with Gasteiger partial charge in [-0.1, -0.05) is 35.9 Å². The molecule has 2 N–H and O–H groups in total. The first-order valence-corrected chi connectivity index (χ1v) is 6.39. The Balaban J connectivity index is 2.44. The first-order chi connectivity index (χ1) is 8.49. The summed E-state index contributed by atoms with van der Waals surface area (Å²) in [5, 5.41) is 0. The number of hydrogen-bond donors (Lipinski definition) is 1. The second kappa shape index (κ2) is 4.85. The number of nitrogens with two attached hydrogens (primary N) is 1. The lowest BCUT2D eigenvalue weighted by Crippen LogP contribution is -2.02. The van der Waals surface area contributed by atoms with Gasteiger partial charge >= 0.3 is 0 Å². The van der Waals surface area contributed by atoms with Crippen molar-refractivity contribution in [2.45, 2.75) is 34.1 Å². The van der Waals surface area contributed by atoms with Gasteiger partial charge in [-0.2, -0.15) is 0 Å². The molecule has 0 aliphatic carbocycles. The number of nitrogen functional groups attached to an aromatic ring is 1. The quantitative estimate of drug-likeness (QED) is 0.785. The molecule has 0 spiro atoms. The molecule has 2 rings (SSSR count). The summed E-state index contributed by atoms with van der Waals surface area (Å²) in [5.41, 5.74) is 14.8. The zero-order valence-electron chi connectivity index (χ0n) is 11.7. The van der Waals surface area contributed by atoms with Crippen molar-refractivity contribution >= 4 is 5.69 Å². The zero-order chi connectivity index (χ0) is 13.3. The van der Waals surface area contributed by atoms with Gasteiger partial charge in [0.2, 0.25) is 0 Å². The van der Waals surface area contributed by atoms with E-state index in [9.17, 15) is 0 Å². The molecule has 0 saturated carbocycles. The highest BCUT2D eigenvalue weighted by molar-refractivity contribution is 5.59. The van der Waals surface area contributed by atoms with Gasteiger partial charge in [0.25, 0.3) is 0 Å². The average molecular weight is 239 g/mol. The molecule has 1 nitrogen and oxygen atoms in total. The monoisotopic (exact) mass is 239 g/mol. The molecular weight excluding hydrogens is 218 g/mol. The maximum Gasteiger partial charge on any atom is 0.0376 e. The minimum Gasteiger partial charge on any atom is -0.398 e. The summed E-state index contributed by atoms with van der Waals surface area (Å²) in [7, 11) is 0. The van der Waals surface area contributed by atoms with Crippen LogP contribution in [0.1, 0.15) is 33.4 Å². The van der Waals surface area contributed by atoms with Crippen LogP contribution in [-0.4, -0.2) is 0 Å². The number of rotatable bonds is 2. The summed E-state index contributed by atoms with van der Waals surface area (Å²) >= 11 is 0. The van der Waals surface area contributed by atoms with Crippen molar-refractivity contribution in [1.29, 1.82) is 0 Å². The maximum atomic E-state index is 6.14. The van der Waals surface area contributed by atoms with Crippen LogP contribution in [0.25, 0.3) is 0 Å². The molecule has 0 aliphatic heterocycles. The fourth-order valence-corrected chi connectivity index (χ4v) is 2.54. The predicted octanol–water partition coefficient (Wildman–Crippen LogP) is 4.09. The highest BCUT2D eigenvalue weighted by Crippen LogP contribution is 2.26. The highest BCUT2D eigenvalue weighted by atomic mass is 14.6. The van der Waals surface area contributed by atoms with E-state index in [0.29, 0.717) is 0 Å². The summed E-state index contributed by atoms with van der Waals surface area (Å²) in [5.74, 6) is 0. The smallest absolute Gasteiger partial charge is 0.0376 e. The van der Waals surface area contributed by atoms with Crippen LogP contribution >= 0.6 is 0 Å². The van der Waals surface area contributed by atoms with Gasteiger partial charge in [-0.05, 0) is 61.9 Å². The van der Waals surface area contributed by atoms with E-state index in [1.807, 2.05) is 0 Å². The SMILES string of the molecule is Cc1cccc(Cc2c(C)cc(C)c(N)c2C)c1. The predicted molar refractivity (Wildman–Crippen MR) is 79.1 cm³/mol. The number of anilines is 1. The molecule has 1 heteroatoms. The lowest BCUT2D eigenvalue weighted by Gasteiger charge is -2.15. The van der Waals surface area contributed by atoms with Gasteiger partial charge in [-0.3, -0.25) is 0 Å². The summed E-state index contributed by atoms with van der Waals surface area (Å²) in [6.07, 6.45) is 0.962. The van der Waals surface area contributed by atoms with E-state index in [2.05, 4.69) is 58.0 Å². The Labute approximate surface area is 110 Å². The third kappa shape index (κ3) is 2.40. The van der Waals surface area contributed by atoms with Crippen LogP contribution in [-0.2, 0) is 6.42 Å². The van der Waals surface area contributed by atoms with E-state index >= 15 is 0 Å². The van der Waals surface area contributed by atoms with E-state index in [0.717, 1.165) is 12.1 Å². The van der Waals surface area contributed by atoms with E-state index in [1.54, 1.807) is 0 Å². The van der Waals surface area contributed by atoms with Gasteiger partial charge in [0.1, 0.15) is 0 Å². The van der Waals surface area contributed by atoms with Crippen LogP contribution in [0.4, 0.5) is 5.69 Å². The number of aryl methyl sites for hydroxylation is 3. The first kappa shape index (κ1) is 12.7. The molecule has 0 heterocycles. The lowest BCUT2D eigenvalue weighted by molar-refractivity contribution is 1.11. The van der Waals surface area contributed by atoms with Crippen molar-refractivity contribution in [3.8, 4) is 0 Å². The van der Waals surface area contributed by atoms with Crippen LogP contribution in [0.3, 0.4) is 0 Å². The average Bonchev–Trinajstić information content (AvgIpc) is 2.32. The van der Waals surface area contributed by atoms with E-state index < -0.39 is 0 Å². The Bertz CT molecular complexity index is 582. The molecule has 0 aliphatic rings. The van der Waals surface area contributed by atoms with Crippen molar-refractivity contribution in [1.82, 2.24) is 0 Å². The fraction of sp³-hybridized carbons (Fsp3) is 0.294. The molecule has 2 aromatic carbocycles. The summed E-state index contributed by atoms with van der Waals surface area (Å²) in [4.78, 5) is 0. The molecule has 0 bridgehead atoms. The van der Waals surface area contributed by atoms with Crippen LogP contribution in [0.5, 0.6) is 0 Å². The largest absolute Gasteiger partial charge is 0.398 e. The topological polar surface area (TPSA) is 26.0 Å². The molecule has 0 fully saturated rings. The molecule has 0 radical (unpaired) electrons. The molecule has 0 amide bonds. The third-order valence-corrected chi connectivity index (χ3v) is 3.65. The minimum atomic E-state index is 0.934.